The molecule has 0 aliphatic carbocycles. The van der Waals surface area contributed by atoms with Gasteiger partial charge >= 0.3 is 11.9 Å². The number of rotatable bonds is 6. The molecule has 0 spiro atoms. The molecular weight excluding hydrogens is 308 g/mol. The number of hydrogen-bond donors (Lipinski definition) is 4. The maximum atomic E-state index is 11.7. The van der Waals surface area contributed by atoms with Crippen LogP contribution in [0.15, 0.2) is 24.3 Å². The first kappa shape index (κ1) is 18.5. The minimum Gasteiger partial charge on any atom is -0.504 e. The number of carbonyl (C=O) groups is 2. The number of hydrogen-bond acceptors (Lipinski definition) is 8. The summed E-state index contributed by atoms with van der Waals surface area (Å²) >= 11 is 0. The second-order valence-corrected chi connectivity index (χ2v) is 4.83. The lowest BCUT2D eigenvalue weighted by Crippen LogP contribution is -2.51. The maximum absolute atomic E-state index is 11.7. The molecule has 0 amide bonds. The summed E-state index contributed by atoms with van der Waals surface area (Å²) in [6.45, 7) is 0.260. The Bertz CT molecular complexity index is 605. The predicted octanol–water partition coefficient (Wildman–Crippen LogP) is -0.0609. The van der Waals surface area contributed by atoms with Gasteiger partial charge < -0.3 is 29.9 Å². The number of esters is 2. The first-order chi connectivity index (χ1) is 10.7. The molecule has 23 heavy (non-hydrogen) atoms. The predicted molar refractivity (Wildman–Crippen MR) is 78.4 cm³/mol. The average molecular weight is 326 g/mol. The molecule has 0 aromatic heterocycles. The highest BCUT2D eigenvalue weighted by atomic mass is 16.6. The number of phenolic OH excluding ortho intramolecular Hbond substituents is 2. The Morgan fingerprint density at radius 1 is 1.30 bits per heavy atom. The Hall–Kier alpha value is -2.58. The van der Waals surface area contributed by atoms with Crippen molar-refractivity contribution in [2.45, 2.75) is 18.6 Å². The van der Waals surface area contributed by atoms with Gasteiger partial charge in [0.05, 0.1) is 13.7 Å². The average Bonchev–Trinajstić information content (AvgIpc) is 2.52. The summed E-state index contributed by atoms with van der Waals surface area (Å²) in [7, 11) is 1.05. The summed E-state index contributed by atoms with van der Waals surface area (Å²) in [6, 6.07) is 3.89. The monoisotopic (exact) mass is 326 g/mol. The third-order valence-corrected chi connectivity index (χ3v) is 3.06. The van der Waals surface area contributed by atoms with Gasteiger partial charge in [-0.05, 0) is 30.7 Å². The van der Waals surface area contributed by atoms with Gasteiger partial charge in [0.2, 0.25) is 0 Å². The Morgan fingerprint density at radius 3 is 2.48 bits per heavy atom. The largest absolute Gasteiger partial charge is 0.504 e. The normalized spacial score (nSPS) is 15.0. The van der Waals surface area contributed by atoms with Crippen molar-refractivity contribution in [1.29, 1.82) is 0 Å². The second-order valence-electron chi connectivity index (χ2n) is 4.83. The van der Waals surface area contributed by atoms with Crippen molar-refractivity contribution in [2.24, 2.45) is 0 Å². The van der Waals surface area contributed by atoms with Crippen LogP contribution in [-0.2, 0) is 19.1 Å². The first-order valence-electron chi connectivity index (χ1n) is 6.54. The van der Waals surface area contributed by atoms with Gasteiger partial charge in [-0.2, -0.15) is 0 Å². The molecule has 126 valence electrons. The molecule has 0 fully saturated rings. The number of aromatic hydroxyl groups is 2. The van der Waals surface area contributed by atoms with Gasteiger partial charge in [0.1, 0.15) is 0 Å². The Balaban J connectivity index is 2.79. The van der Waals surface area contributed by atoms with Crippen molar-refractivity contribution in [3.8, 4) is 11.5 Å². The van der Waals surface area contributed by atoms with Crippen LogP contribution in [0.5, 0.6) is 11.5 Å². The van der Waals surface area contributed by atoms with Crippen LogP contribution >= 0.6 is 0 Å². The van der Waals surface area contributed by atoms with E-state index in [0.29, 0.717) is 5.56 Å². The van der Waals surface area contributed by atoms with Crippen LogP contribution < -0.4 is 0 Å². The summed E-state index contributed by atoms with van der Waals surface area (Å²) in [4.78, 5) is 23.1. The van der Waals surface area contributed by atoms with Gasteiger partial charge in [0.25, 0.3) is 0 Å². The molecular formula is C15H18O8. The lowest BCUT2D eigenvalue weighted by molar-refractivity contribution is -0.184. The topological polar surface area (TPSA) is 134 Å². The quantitative estimate of drug-likeness (QED) is 0.324. The van der Waals surface area contributed by atoms with Gasteiger partial charge in [-0.3, -0.25) is 0 Å². The molecule has 0 radical (unpaired) electrons. The number of aliphatic hydroxyl groups excluding tert-OH is 1. The third kappa shape index (κ3) is 4.70. The fourth-order valence-electron chi connectivity index (χ4n) is 1.66. The van der Waals surface area contributed by atoms with E-state index >= 15 is 0 Å². The molecule has 0 heterocycles. The van der Waals surface area contributed by atoms with Crippen LogP contribution in [-0.4, -0.2) is 57.8 Å². The van der Waals surface area contributed by atoms with E-state index in [9.17, 15) is 30.0 Å². The summed E-state index contributed by atoms with van der Waals surface area (Å²) in [5, 5.41) is 37.6. The van der Waals surface area contributed by atoms with E-state index in [4.69, 9.17) is 4.74 Å². The van der Waals surface area contributed by atoms with E-state index in [1.165, 1.54) is 24.3 Å². The van der Waals surface area contributed by atoms with E-state index in [1.54, 1.807) is 0 Å². The number of methoxy groups -OCH3 is 1. The van der Waals surface area contributed by atoms with Crippen LogP contribution in [0.4, 0.5) is 0 Å². The lowest BCUT2D eigenvalue weighted by atomic mass is 10.00. The van der Waals surface area contributed by atoms with Crippen molar-refractivity contribution < 1.29 is 39.5 Å². The van der Waals surface area contributed by atoms with E-state index in [1.807, 2.05) is 0 Å². The molecule has 1 rings (SSSR count). The van der Waals surface area contributed by atoms with Gasteiger partial charge in [-0.1, -0.05) is 6.07 Å². The standard InChI is InChI=1S/C15H18O8/c1-15(21,14(20)22-2)12(8-16)23-13(19)6-4-9-3-5-10(17)11(18)7-9/h3-7,12,16-18,21H,8H2,1-2H3/t12-,15+/m0/s1. The smallest absolute Gasteiger partial charge is 0.341 e. The van der Waals surface area contributed by atoms with Gasteiger partial charge in [0, 0.05) is 6.08 Å². The zero-order chi connectivity index (χ0) is 17.6. The number of carbonyl (C=O) groups excluding carboxylic acids is 2. The molecule has 1 aromatic carbocycles. The van der Waals surface area contributed by atoms with Crippen LogP contribution in [0.3, 0.4) is 0 Å². The van der Waals surface area contributed by atoms with E-state index < -0.39 is 30.3 Å². The number of ether oxygens (including phenoxy) is 2. The summed E-state index contributed by atoms with van der Waals surface area (Å²) in [5.41, 5.74) is -1.80. The van der Waals surface area contributed by atoms with Crippen molar-refractivity contribution in [3.05, 3.63) is 29.8 Å². The summed E-state index contributed by atoms with van der Waals surface area (Å²) in [6.07, 6.45) is 0.741. The molecule has 8 heteroatoms. The van der Waals surface area contributed by atoms with Crippen molar-refractivity contribution in [2.75, 3.05) is 13.7 Å². The summed E-state index contributed by atoms with van der Waals surface area (Å²) in [5.74, 6) is -2.65. The number of benzene rings is 1. The molecule has 0 bridgehead atoms. The first-order valence-corrected chi connectivity index (χ1v) is 6.54. The van der Waals surface area contributed by atoms with Crippen LogP contribution in [0.1, 0.15) is 12.5 Å². The lowest BCUT2D eigenvalue weighted by Gasteiger charge is -2.27. The molecule has 8 nitrogen and oxygen atoms in total. The maximum Gasteiger partial charge on any atom is 0.341 e. The molecule has 0 saturated carbocycles. The Labute approximate surface area is 132 Å². The second kappa shape index (κ2) is 7.61. The fraction of sp³-hybridized carbons (Fsp3) is 0.333. The van der Waals surface area contributed by atoms with E-state index in [2.05, 4.69) is 4.74 Å². The zero-order valence-corrected chi connectivity index (χ0v) is 12.6. The fourth-order valence-corrected chi connectivity index (χ4v) is 1.66. The summed E-state index contributed by atoms with van der Waals surface area (Å²) < 4.78 is 9.20. The Morgan fingerprint density at radius 2 is 1.96 bits per heavy atom. The van der Waals surface area contributed by atoms with Gasteiger partial charge in [-0.25, -0.2) is 9.59 Å². The Kier molecular flexibility index (Phi) is 6.11. The van der Waals surface area contributed by atoms with E-state index in [-0.39, 0.29) is 11.5 Å². The SMILES string of the molecule is COC(=O)[C@](C)(O)[C@H](CO)OC(=O)C=Cc1ccc(O)c(O)c1. The zero-order valence-electron chi connectivity index (χ0n) is 12.6. The molecule has 0 aliphatic heterocycles. The highest BCUT2D eigenvalue weighted by Crippen LogP contribution is 2.25. The highest BCUT2D eigenvalue weighted by molar-refractivity contribution is 5.88. The van der Waals surface area contributed by atoms with Crippen LogP contribution in [0, 0.1) is 0 Å². The minimum atomic E-state index is -2.20. The van der Waals surface area contributed by atoms with Crippen molar-refractivity contribution >= 4 is 18.0 Å². The molecule has 1 aromatic rings. The van der Waals surface area contributed by atoms with Gasteiger partial charge in [-0.15, -0.1) is 0 Å². The number of phenols is 2. The molecule has 4 N–H and O–H groups in total. The number of aliphatic hydroxyl groups is 2. The molecule has 2 atom stereocenters. The third-order valence-electron chi connectivity index (χ3n) is 3.06. The van der Waals surface area contributed by atoms with Crippen molar-refractivity contribution in [1.82, 2.24) is 0 Å². The molecule has 0 saturated heterocycles. The highest BCUT2D eigenvalue weighted by Gasteiger charge is 2.42. The van der Waals surface area contributed by atoms with E-state index in [0.717, 1.165) is 20.1 Å². The van der Waals surface area contributed by atoms with Crippen LogP contribution in [0.2, 0.25) is 0 Å². The van der Waals surface area contributed by atoms with Crippen LogP contribution in [0.25, 0.3) is 6.08 Å². The van der Waals surface area contributed by atoms with Crippen molar-refractivity contribution in [3.63, 3.8) is 0 Å². The van der Waals surface area contributed by atoms with Gasteiger partial charge in [0.15, 0.2) is 23.2 Å². The minimum absolute atomic E-state index is 0.306. The molecule has 0 aliphatic rings. The molecule has 0 unspecified atom stereocenters.